The first-order valence-electron chi connectivity index (χ1n) is 16.0. The molecule has 0 aliphatic heterocycles. The van der Waals surface area contributed by atoms with E-state index in [0.717, 1.165) is 26.7 Å². The molecule has 2 amide bonds. The van der Waals surface area contributed by atoms with Gasteiger partial charge in [0.2, 0.25) is 5.91 Å². The number of hydrogen-bond donors (Lipinski definition) is 4. The number of carbonyl (C=O) groups is 2. The van der Waals surface area contributed by atoms with Gasteiger partial charge in [-0.15, -0.1) is 22.7 Å². The van der Waals surface area contributed by atoms with Gasteiger partial charge >= 0.3 is 6.09 Å². The number of alkyl carbamates (subject to hydrolysis) is 1. The third kappa shape index (κ3) is 11.4. The quantitative estimate of drug-likeness (QED) is 0.108. The monoisotopic (exact) mass is 694 g/mol. The number of rotatable bonds is 17. The fourth-order valence-electron chi connectivity index (χ4n) is 5.04. The van der Waals surface area contributed by atoms with Crippen molar-refractivity contribution in [2.24, 2.45) is 5.92 Å². The molecule has 3 atom stereocenters. The second-order valence-electron chi connectivity index (χ2n) is 12.5. The van der Waals surface area contributed by atoms with E-state index in [9.17, 15) is 19.8 Å². The van der Waals surface area contributed by atoms with Gasteiger partial charge in [-0.25, -0.2) is 20.2 Å². The molecule has 0 bridgehead atoms. The number of likely N-dealkylation sites (N-methyl/N-ethyl adjacent to an activating group) is 1. The highest BCUT2D eigenvalue weighted by Gasteiger charge is 2.31. The SMILES string of the molecule is CC(C)c1nc(CN(C)C(=O)[C@@H](NN(Cc2ccc(O)cc2)C[C@H](O)[C@H](Cc2ccccc2)NC(=O)OCc2cncs2)C(C)C)cs1. The summed E-state index contributed by atoms with van der Waals surface area (Å²) in [4.78, 5) is 38.0. The van der Waals surface area contributed by atoms with Gasteiger partial charge in [-0.1, -0.05) is 70.2 Å². The summed E-state index contributed by atoms with van der Waals surface area (Å²) in [5.74, 6) is 0.248. The Morgan fingerprint density at radius 2 is 1.71 bits per heavy atom. The number of aromatic nitrogens is 2. The number of aromatic hydroxyl groups is 1. The van der Waals surface area contributed by atoms with Crippen molar-refractivity contribution in [3.8, 4) is 5.75 Å². The number of nitrogens with zero attached hydrogens (tertiary/aromatic N) is 4. The van der Waals surface area contributed by atoms with Crippen LogP contribution in [-0.4, -0.2) is 73.9 Å². The standard InChI is InChI=1S/C35H46N6O5S2/c1-23(2)32(34(44)40(5)18-27-21-47-33(37-27)24(3)4)39-41(17-26-11-13-28(42)14-12-26)19-31(43)30(15-25-9-7-6-8-10-25)38-35(45)46-20-29-16-36-22-48-29/h6-14,16,21-24,30-32,39,42-43H,15,17-20H2,1-5H3,(H,38,45)/t30-,31-,32-/m0/s1. The molecule has 0 fully saturated rings. The van der Waals surface area contributed by atoms with Crippen molar-refractivity contribution in [3.05, 3.63) is 98.4 Å². The van der Waals surface area contributed by atoms with Crippen molar-refractivity contribution < 1.29 is 24.5 Å². The predicted octanol–water partition coefficient (Wildman–Crippen LogP) is 5.32. The number of ether oxygens (including phenoxy) is 1. The average Bonchev–Trinajstić information content (AvgIpc) is 3.76. The lowest BCUT2D eigenvalue weighted by Gasteiger charge is -2.35. The molecule has 2 heterocycles. The molecule has 4 N–H and O–H groups in total. The number of hydrazine groups is 1. The Labute approximate surface area is 290 Å². The number of phenols is 1. The van der Waals surface area contributed by atoms with E-state index in [1.54, 1.807) is 64.3 Å². The van der Waals surface area contributed by atoms with E-state index in [1.165, 1.54) is 11.3 Å². The lowest BCUT2D eigenvalue weighted by atomic mass is 10.0. The molecule has 0 aliphatic rings. The lowest BCUT2D eigenvalue weighted by molar-refractivity contribution is -0.136. The summed E-state index contributed by atoms with van der Waals surface area (Å²) in [6.45, 7) is 8.96. The van der Waals surface area contributed by atoms with Crippen LogP contribution in [0.5, 0.6) is 5.75 Å². The minimum atomic E-state index is -1.06. The van der Waals surface area contributed by atoms with Crippen LogP contribution in [0.1, 0.15) is 60.3 Å². The summed E-state index contributed by atoms with van der Waals surface area (Å²) in [5.41, 5.74) is 7.71. The molecule has 4 aromatic rings. The van der Waals surface area contributed by atoms with Crippen LogP contribution in [0.3, 0.4) is 0 Å². The van der Waals surface area contributed by atoms with Crippen molar-refractivity contribution in [1.29, 1.82) is 0 Å². The van der Waals surface area contributed by atoms with Crippen LogP contribution in [0.25, 0.3) is 0 Å². The topological polar surface area (TPSA) is 140 Å². The van der Waals surface area contributed by atoms with Gasteiger partial charge in [0, 0.05) is 37.6 Å². The zero-order valence-corrected chi connectivity index (χ0v) is 29.7. The maximum Gasteiger partial charge on any atom is 0.407 e. The number of nitrogens with one attached hydrogen (secondary N) is 2. The first kappa shape index (κ1) is 36.9. The first-order chi connectivity index (χ1) is 23.0. The highest BCUT2D eigenvalue weighted by atomic mass is 32.1. The van der Waals surface area contributed by atoms with E-state index in [1.807, 2.05) is 49.6 Å². The van der Waals surface area contributed by atoms with Crippen LogP contribution in [0, 0.1) is 5.92 Å². The maximum absolute atomic E-state index is 13.9. The van der Waals surface area contributed by atoms with Crippen LogP contribution in [-0.2, 0) is 35.6 Å². The van der Waals surface area contributed by atoms with Gasteiger partial charge in [0.15, 0.2) is 0 Å². The number of amides is 2. The molecule has 11 nitrogen and oxygen atoms in total. The number of thiazole rings is 2. The summed E-state index contributed by atoms with van der Waals surface area (Å²) < 4.78 is 5.44. The largest absolute Gasteiger partial charge is 0.508 e. The number of hydrogen-bond acceptors (Lipinski definition) is 11. The second kappa shape index (κ2) is 18.0. The van der Waals surface area contributed by atoms with E-state index in [4.69, 9.17) is 9.72 Å². The molecule has 13 heteroatoms. The van der Waals surface area contributed by atoms with E-state index in [0.29, 0.717) is 25.4 Å². The van der Waals surface area contributed by atoms with Crippen LogP contribution >= 0.6 is 22.7 Å². The molecule has 4 rings (SSSR count). The Balaban J connectivity index is 1.52. The van der Waals surface area contributed by atoms with E-state index in [2.05, 4.69) is 29.6 Å². The summed E-state index contributed by atoms with van der Waals surface area (Å²) in [5, 5.41) is 29.3. The fraction of sp³-hybridized carbons (Fsp3) is 0.429. The zero-order chi connectivity index (χ0) is 34.6. The molecule has 0 spiro atoms. The van der Waals surface area contributed by atoms with E-state index >= 15 is 0 Å². The Morgan fingerprint density at radius 3 is 2.33 bits per heavy atom. The van der Waals surface area contributed by atoms with Gasteiger partial charge in [0.25, 0.3) is 0 Å². The molecule has 48 heavy (non-hydrogen) atoms. The summed E-state index contributed by atoms with van der Waals surface area (Å²) in [6.07, 6.45) is 0.286. The molecule has 0 aliphatic carbocycles. The molecule has 0 saturated carbocycles. The van der Waals surface area contributed by atoms with Gasteiger partial charge < -0.3 is 25.2 Å². The van der Waals surface area contributed by atoms with Crippen molar-refractivity contribution in [2.45, 2.75) is 77.9 Å². The smallest absolute Gasteiger partial charge is 0.407 e. The summed E-state index contributed by atoms with van der Waals surface area (Å²) in [6, 6.07) is 15.1. The minimum Gasteiger partial charge on any atom is -0.508 e. The van der Waals surface area contributed by atoms with Crippen LogP contribution in [0.2, 0.25) is 0 Å². The molecular weight excluding hydrogens is 649 g/mol. The lowest BCUT2D eigenvalue weighted by Crippen LogP contribution is -2.58. The van der Waals surface area contributed by atoms with Crippen molar-refractivity contribution >= 4 is 34.7 Å². The maximum atomic E-state index is 13.9. The third-order valence-corrected chi connectivity index (χ3v) is 9.65. The Hall–Kier alpha value is -3.88. The molecular formula is C35H46N6O5S2. The highest BCUT2D eigenvalue weighted by Crippen LogP contribution is 2.21. The van der Waals surface area contributed by atoms with Crippen LogP contribution in [0.4, 0.5) is 4.79 Å². The van der Waals surface area contributed by atoms with Crippen molar-refractivity contribution in [2.75, 3.05) is 13.6 Å². The van der Waals surface area contributed by atoms with Crippen molar-refractivity contribution in [3.63, 3.8) is 0 Å². The van der Waals surface area contributed by atoms with Crippen LogP contribution < -0.4 is 10.7 Å². The summed E-state index contributed by atoms with van der Waals surface area (Å²) in [7, 11) is 1.77. The molecule has 0 saturated heterocycles. The number of benzene rings is 2. The Morgan fingerprint density at radius 1 is 0.979 bits per heavy atom. The summed E-state index contributed by atoms with van der Waals surface area (Å²) >= 11 is 2.98. The van der Waals surface area contributed by atoms with E-state index in [-0.39, 0.29) is 30.7 Å². The number of carbonyl (C=O) groups excluding carboxylic acids is 2. The van der Waals surface area contributed by atoms with Gasteiger partial charge in [-0.05, 0) is 35.6 Å². The minimum absolute atomic E-state index is 0.0670. The number of aliphatic hydroxyl groups excluding tert-OH is 1. The number of aliphatic hydroxyl groups is 1. The zero-order valence-electron chi connectivity index (χ0n) is 28.1. The normalized spacial score (nSPS) is 13.4. The predicted molar refractivity (Wildman–Crippen MR) is 188 cm³/mol. The highest BCUT2D eigenvalue weighted by molar-refractivity contribution is 7.09. The molecule has 0 radical (unpaired) electrons. The van der Waals surface area contributed by atoms with Gasteiger partial charge in [0.05, 0.1) is 39.8 Å². The van der Waals surface area contributed by atoms with Crippen molar-refractivity contribution in [1.82, 2.24) is 30.6 Å². The average molecular weight is 695 g/mol. The Bertz CT molecular complexity index is 1550. The molecule has 258 valence electrons. The molecule has 2 aromatic heterocycles. The third-order valence-electron chi connectivity index (χ3n) is 7.71. The second-order valence-corrected chi connectivity index (χ2v) is 14.3. The molecule has 2 aromatic carbocycles. The number of phenolic OH excluding ortho intramolecular Hbond substituents is 1. The van der Waals surface area contributed by atoms with Crippen LogP contribution in [0.15, 0.2) is 71.7 Å². The van der Waals surface area contributed by atoms with E-state index < -0.39 is 24.3 Å². The fourth-order valence-corrected chi connectivity index (χ4v) is 6.37. The van der Waals surface area contributed by atoms with Gasteiger partial charge in [-0.2, -0.15) is 0 Å². The van der Waals surface area contributed by atoms with Gasteiger partial charge in [-0.3, -0.25) is 9.78 Å². The Kier molecular flexibility index (Phi) is 13.9. The molecule has 0 unspecified atom stereocenters. The van der Waals surface area contributed by atoms with Gasteiger partial charge in [0.1, 0.15) is 18.4 Å². The first-order valence-corrected chi connectivity index (χ1v) is 17.7.